The van der Waals surface area contributed by atoms with E-state index in [4.69, 9.17) is 8.83 Å². The van der Waals surface area contributed by atoms with Crippen LogP contribution in [0.2, 0.25) is 0 Å². The Balaban J connectivity index is 1.24. The average molecular weight is 667 g/mol. The predicted octanol–water partition coefficient (Wildman–Crippen LogP) is 13.7. The summed E-state index contributed by atoms with van der Waals surface area (Å²) in [4.78, 5) is 2.40. The number of para-hydroxylation sites is 5. The summed E-state index contributed by atoms with van der Waals surface area (Å²) >= 11 is 0. The van der Waals surface area contributed by atoms with Crippen molar-refractivity contribution in [2.75, 3.05) is 4.90 Å². The zero-order valence-electron chi connectivity index (χ0n) is 28.0. The van der Waals surface area contributed by atoms with Gasteiger partial charge in [0.1, 0.15) is 16.7 Å². The van der Waals surface area contributed by atoms with Gasteiger partial charge in [0.25, 0.3) is 0 Å². The van der Waals surface area contributed by atoms with Crippen molar-refractivity contribution in [1.82, 2.24) is 4.57 Å². The molecule has 3 heterocycles. The average Bonchev–Trinajstić information content (AvgIpc) is 3.89. The van der Waals surface area contributed by atoms with E-state index in [1.165, 1.54) is 5.39 Å². The Morgan fingerprint density at radius 2 is 0.981 bits per heavy atom. The summed E-state index contributed by atoms with van der Waals surface area (Å²) in [6, 6.07) is 64.3. The van der Waals surface area contributed by atoms with E-state index in [1.807, 2.05) is 18.2 Å². The molecule has 11 rings (SSSR count). The summed E-state index contributed by atoms with van der Waals surface area (Å²) < 4.78 is 15.4. The smallest absolute Gasteiger partial charge is 0.159 e. The zero-order valence-corrected chi connectivity index (χ0v) is 28.0. The summed E-state index contributed by atoms with van der Waals surface area (Å²) in [5.41, 5.74) is 12.2. The van der Waals surface area contributed by atoms with Gasteiger partial charge in [-0.2, -0.15) is 0 Å². The fraction of sp³-hybridized carbons (Fsp3) is 0. The topological polar surface area (TPSA) is 34.5 Å². The number of furan rings is 2. The molecule has 0 aliphatic heterocycles. The van der Waals surface area contributed by atoms with Crippen LogP contribution >= 0.6 is 0 Å². The lowest BCUT2D eigenvalue weighted by atomic mass is 10.0. The van der Waals surface area contributed by atoms with Gasteiger partial charge in [0.2, 0.25) is 0 Å². The highest BCUT2D eigenvalue weighted by Gasteiger charge is 2.26. The van der Waals surface area contributed by atoms with Gasteiger partial charge in [-0.25, -0.2) is 0 Å². The van der Waals surface area contributed by atoms with Crippen LogP contribution in [0.15, 0.2) is 191 Å². The molecule has 4 nitrogen and oxygen atoms in total. The molecule has 0 amide bonds. The van der Waals surface area contributed by atoms with Crippen LogP contribution in [0.4, 0.5) is 17.1 Å². The van der Waals surface area contributed by atoms with Gasteiger partial charge >= 0.3 is 0 Å². The second kappa shape index (κ2) is 11.2. The third kappa shape index (κ3) is 4.21. The van der Waals surface area contributed by atoms with Crippen LogP contribution in [0.1, 0.15) is 0 Å². The first-order chi connectivity index (χ1) is 25.8. The first-order valence-corrected chi connectivity index (χ1v) is 17.6. The molecule has 3 aromatic heterocycles. The summed E-state index contributed by atoms with van der Waals surface area (Å²) in [6.07, 6.45) is 0. The highest BCUT2D eigenvalue weighted by molar-refractivity contribution is 6.19. The van der Waals surface area contributed by atoms with Gasteiger partial charge in [-0.15, -0.1) is 0 Å². The molecule has 0 atom stereocenters. The molecule has 52 heavy (non-hydrogen) atoms. The van der Waals surface area contributed by atoms with E-state index in [2.05, 4.69) is 173 Å². The first-order valence-electron chi connectivity index (χ1n) is 17.6. The largest absolute Gasteiger partial charge is 0.456 e. The van der Waals surface area contributed by atoms with Crippen molar-refractivity contribution in [3.05, 3.63) is 182 Å². The molecule has 8 aromatic carbocycles. The molecule has 0 aliphatic rings. The lowest BCUT2D eigenvalue weighted by molar-refractivity contribution is 0.668. The Bertz CT molecular complexity index is 3150. The number of aromatic nitrogens is 1. The van der Waals surface area contributed by atoms with Crippen molar-refractivity contribution in [3.8, 4) is 16.8 Å². The van der Waals surface area contributed by atoms with Crippen LogP contribution in [0, 0.1) is 0 Å². The van der Waals surface area contributed by atoms with Gasteiger partial charge in [-0.1, -0.05) is 121 Å². The molecule has 0 fully saturated rings. The van der Waals surface area contributed by atoms with Crippen LogP contribution in [-0.4, -0.2) is 4.57 Å². The number of hydrogen-bond donors (Lipinski definition) is 0. The van der Waals surface area contributed by atoms with E-state index < -0.39 is 0 Å². The molecular formula is C48H30N2O2. The Morgan fingerprint density at radius 3 is 1.85 bits per heavy atom. The van der Waals surface area contributed by atoms with Crippen LogP contribution in [0.5, 0.6) is 0 Å². The van der Waals surface area contributed by atoms with E-state index >= 15 is 0 Å². The van der Waals surface area contributed by atoms with Gasteiger partial charge in [0.05, 0.1) is 28.1 Å². The number of rotatable bonds is 5. The third-order valence-electron chi connectivity index (χ3n) is 10.4. The quantitative estimate of drug-likeness (QED) is 0.183. The van der Waals surface area contributed by atoms with Crippen LogP contribution in [0.25, 0.3) is 82.5 Å². The van der Waals surface area contributed by atoms with Crippen LogP contribution < -0.4 is 4.90 Å². The molecule has 0 saturated heterocycles. The molecule has 0 unspecified atom stereocenters. The lowest BCUT2D eigenvalue weighted by Crippen LogP contribution is -2.12. The molecule has 11 aromatic rings. The number of anilines is 3. The minimum absolute atomic E-state index is 0.851. The van der Waals surface area contributed by atoms with Gasteiger partial charge in [0.15, 0.2) is 5.58 Å². The summed E-state index contributed by atoms with van der Waals surface area (Å²) in [5.74, 6) is 0. The lowest BCUT2D eigenvalue weighted by Gasteiger charge is -2.28. The van der Waals surface area contributed by atoms with E-state index in [-0.39, 0.29) is 0 Å². The fourth-order valence-electron chi connectivity index (χ4n) is 8.15. The number of benzene rings is 8. The minimum Gasteiger partial charge on any atom is -0.456 e. The summed E-state index contributed by atoms with van der Waals surface area (Å²) in [7, 11) is 0. The molecule has 4 heteroatoms. The summed E-state index contributed by atoms with van der Waals surface area (Å²) in [6.45, 7) is 0. The monoisotopic (exact) mass is 666 g/mol. The molecule has 244 valence electrons. The minimum atomic E-state index is 0.851. The molecule has 0 aliphatic carbocycles. The van der Waals surface area contributed by atoms with E-state index in [0.717, 1.165) is 94.2 Å². The van der Waals surface area contributed by atoms with Crippen molar-refractivity contribution >= 4 is 82.7 Å². The third-order valence-corrected chi connectivity index (χ3v) is 10.4. The number of fused-ring (bicyclic) bond motifs is 9. The van der Waals surface area contributed by atoms with Gasteiger partial charge in [-0.05, 0) is 66.2 Å². The maximum atomic E-state index is 6.74. The fourth-order valence-corrected chi connectivity index (χ4v) is 8.15. The standard InChI is InChI=1S/C48H30N2O2/c1-2-14-31(15-3-1)33-16-4-8-21-39(33)50(43-25-12-20-36-34-17-6-11-27-45(34)52-48(36)43)42-24-13-23-41-47(42)37-19-5-9-22-40(37)49(41)32-28-29-46-38(30-32)35-18-7-10-26-44(35)51-46/h1-30H. The normalized spacial score (nSPS) is 11.8. The van der Waals surface area contributed by atoms with Crippen LogP contribution in [0.3, 0.4) is 0 Å². The highest BCUT2D eigenvalue weighted by atomic mass is 16.3. The van der Waals surface area contributed by atoms with Crippen molar-refractivity contribution < 1.29 is 8.83 Å². The van der Waals surface area contributed by atoms with Gasteiger partial charge < -0.3 is 18.3 Å². The van der Waals surface area contributed by atoms with Gasteiger partial charge in [-0.3, -0.25) is 0 Å². The van der Waals surface area contributed by atoms with Crippen molar-refractivity contribution in [2.24, 2.45) is 0 Å². The Kier molecular flexibility index (Phi) is 6.22. The SMILES string of the molecule is c1ccc(-c2ccccc2N(c2cccc3c2oc2ccccc23)c2cccc3c2c2ccccc2n3-c2ccc3oc4ccccc4c3c2)cc1. The molecule has 0 radical (unpaired) electrons. The van der Waals surface area contributed by atoms with E-state index in [0.29, 0.717) is 0 Å². The number of nitrogens with zero attached hydrogens (tertiary/aromatic N) is 2. The first kappa shape index (κ1) is 28.8. The molecule has 0 bridgehead atoms. The molecule has 0 saturated carbocycles. The zero-order chi connectivity index (χ0) is 34.2. The maximum Gasteiger partial charge on any atom is 0.159 e. The molecule has 0 N–H and O–H groups in total. The Labute approximate surface area is 299 Å². The predicted molar refractivity (Wildman–Crippen MR) is 215 cm³/mol. The summed E-state index contributed by atoms with van der Waals surface area (Å²) in [5, 5.41) is 6.74. The molecule has 0 spiro atoms. The highest BCUT2D eigenvalue weighted by Crippen LogP contribution is 2.49. The van der Waals surface area contributed by atoms with Gasteiger partial charge in [0, 0.05) is 43.6 Å². The Morgan fingerprint density at radius 1 is 0.385 bits per heavy atom. The van der Waals surface area contributed by atoms with Crippen molar-refractivity contribution in [2.45, 2.75) is 0 Å². The van der Waals surface area contributed by atoms with Crippen LogP contribution in [-0.2, 0) is 0 Å². The maximum absolute atomic E-state index is 6.74. The molecular weight excluding hydrogens is 637 g/mol. The second-order valence-corrected chi connectivity index (χ2v) is 13.3. The van der Waals surface area contributed by atoms with Crippen molar-refractivity contribution in [1.29, 1.82) is 0 Å². The Hall–Kier alpha value is -7.04. The van der Waals surface area contributed by atoms with Crippen molar-refractivity contribution in [3.63, 3.8) is 0 Å². The van der Waals surface area contributed by atoms with E-state index in [1.54, 1.807) is 0 Å². The van der Waals surface area contributed by atoms with E-state index in [9.17, 15) is 0 Å². The second-order valence-electron chi connectivity index (χ2n) is 13.3. The number of hydrogen-bond acceptors (Lipinski definition) is 3.